The summed E-state index contributed by atoms with van der Waals surface area (Å²) in [5.41, 5.74) is 2.09. The maximum absolute atomic E-state index is 13.1. The van der Waals surface area contributed by atoms with Crippen LogP contribution >= 0.6 is 0 Å². The van der Waals surface area contributed by atoms with Gasteiger partial charge in [0, 0.05) is 5.69 Å². The lowest BCUT2D eigenvalue weighted by Gasteiger charge is -2.30. The Morgan fingerprint density at radius 2 is 1.50 bits per heavy atom. The summed E-state index contributed by atoms with van der Waals surface area (Å²) < 4.78 is 11.1. The van der Waals surface area contributed by atoms with Crippen LogP contribution in [0.15, 0.2) is 48.5 Å². The molecule has 0 aliphatic carbocycles. The van der Waals surface area contributed by atoms with Crippen LogP contribution < -0.4 is 10.2 Å². The van der Waals surface area contributed by atoms with Crippen LogP contribution in [0.3, 0.4) is 0 Å². The van der Waals surface area contributed by atoms with Crippen molar-refractivity contribution in [3.63, 3.8) is 0 Å². The molecule has 0 saturated heterocycles. The van der Waals surface area contributed by atoms with Crippen LogP contribution in [0.2, 0.25) is 0 Å². The number of carbonyl (C=O) groups excluding carboxylic acids is 2. The highest BCUT2D eigenvalue weighted by Gasteiger charge is 2.38. The smallest absolute Gasteiger partial charge is 0.415 e. The Morgan fingerprint density at radius 3 is 2.17 bits per heavy atom. The lowest BCUT2D eigenvalue weighted by Crippen LogP contribution is -2.38. The number of hydrogen-bond donors (Lipinski definition) is 1. The summed E-state index contributed by atoms with van der Waals surface area (Å²) in [6, 6.07) is 15.0. The molecule has 1 aliphatic heterocycles. The molecule has 0 saturated carbocycles. The quantitative estimate of drug-likeness (QED) is 0.652. The number of para-hydroxylation sites is 2. The van der Waals surface area contributed by atoms with Crippen LogP contribution in [0.5, 0.6) is 0 Å². The number of nitrogens with one attached hydrogen (secondary N) is 1. The number of amides is 2. The van der Waals surface area contributed by atoms with Crippen molar-refractivity contribution in [2.75, 3.05) is 10.2 Å². The van der Waals surface area contributed by atoms with Crippen molar-refractivity contribution in [2.24, 2.45) is 0 Å². The van der Waals surface area contributed by atoms with E-state index in [9.17, 15) is 9.59 Å². The molecule has 3 rings (SSSR count). The van der Waals surface area contributed by atoms with Gasteiger partial charge in [-0.25, -0.2) is 9.59 Å². The Kier molecular flexibility index (Phi) is 5.79. The van der Waals surface area contributed by atoms with Crippen LogP contribution in [0.25, 0.3) is 0 Å². The molecule has 0 radical (unpaired) electrons. The Balaban J connectivity index is 1.96. The highest BCUT2D eigenvalue weighted by atomic mass is 16.6. The molecule has 0 bridgehead atoms. The van der Waals surface area contributed by atoms with Crippen molar-refractivity contribution in [1.29, 1.82) is 0 Å². The van der Waals surface area contributed by atoms with Gasteiger partial charge in [-0.3, -0.25) is 10.2 Å². The van der Waals surface area contributed by atoms with E-state index in [4.69, 9.17) is 9.47 Å². The molecule has 1 atom stereocenters. The second-order valence-corrected chi connectivity index (χ2v) is 9.41. The number of anilines is 2. The number of carbonyl (C=O) groups is 2. The largest absolute Gasteiger partial charge is 0.444 e. The first-order chi connectivity index (χ1) is 13.9. The predicted molar refractivity (Wildman–Crippen MR) is 118 cm³/mol. The number of hydrogen-bond acceptors (Lipinski definition) is 4. The SMILES string of the molecule is CC(C)(C)OC(=O)Nc1ccccc1C1Cc2ccccc2N1C(=O)OC(C)(C)C. The van der Waals surface area contributed by atoms with Gasteiger partial charge in [-0.1, -0.05) is 36.4 Å². The number of ether oxygens (including phenoxy) is 2. The van der Waals surface area contributed by atoms with E-state index in [0.717, 1.165) is 16.8 Å². The lowest BCUT2D eigenvalue weighted by atomic mass is 10.0. The molecule has 1 heterocycles. The Morgan fingerprint density at radius 1 is 0.900 bits per heavy atom. The fourth-order valence-electron chi connectivity index (χ4n) is 3.49. The van der Waals surface area contributed by atoms with Gasteiger partial charge in [0.15, 0.2) is 0 Å². The molecule has 2 aromatic rings. The van der Waals surface area contributed by atoms with E-state index in [-0.39, 0.29) is 6.04 Å². The summed E-state index contributed by atoms with van der Waals surface area (Å²) >= 11 is 0. The number of fused-ring (bicyclic) bond motifs is 1. The van der Waals surface area contributed by atoms with Crippen LogP contribution in [-0.2, 0) is 15.9 Å². The summed E-state index contributed by atoms with van der Waals surface area (Å²) in [7, 11) is 0. The molecule has 0 aromatic heterocycles. The minimum Gasteiger partial charge on any atom is -0.444 e. The topological polar surface area (TPSA) is 67.9 Å². The van der Waals surface area contributed by atoms with Gasteiger partial charge in [0.25, 0.3) is 0 Å². The van der Waals surface area contributed by atoms with Crippen molar-refractivity contribution in [3.8, 4) is 0 Å². The molecule has 1 aliphatic rings. The van der Waals surface area contributed by atoms with Gasteiger partial charge in [-0.05, 0) is 71.2 Å². The summed E-state index contributed by atoms with van der Waals surface area (Å²) in [6.07, 6.45) is -0.318. The monoisotopic (exact) mass is 410 g/mol. The molecule has 2 amide bonds. The molecule has 6 nitrogen and oxygen atoms in total. The van der Waals surface area contributed by atoms with Gasteiger partial charge in [-0.15, -0.1) is 0 Å². The Bertz CT molecular complexity index is 941. The van der Waals surface area contributed by atoms with Gasteiger partial charge < -0.3 is 9.47 Å². The van der Waals surface area contributed by atoms with E-state index in [1.54, 1.807) is 4.90 Å². The van der Waals surface area contributed by atoms with E-state index < -0.39 is 23.4 Å². The predicted octanol–water partition coefficient (Wildman–Crippen LogP) is 6.07. The van der Waals surface area contributed by atoms with Gasteiger partial charge in [-0.2, -0.15) is 0 Å². The third-order valence-electron chi connectivity index (χ3n) is 4.52. The zero-order chi connectivity index (χ0) is 22.1. The molecular weight excluding hydrogens is 380 g/mol. The van der Waals surface area contributed by atoms with Crippen molar-refractivity contribution >= 4 is 23.6 Å². The first-order valence-electron chi connectivity index (χ1n) is 10.1. The molecular formula is C24H30N2O4. The summed E-state index contributed by atoms with van der Waals surface area (Å²) in [5.74, 6) is 0. The Labute approximate surface area is 178 Å². The zero-order valence-corrected chi connectivity index (χ0v) is 18.5. The van der Waals surface area contributed by atoms with E-state index in [2.05, 4.69) is 5.32 Å². The summed E-state index contributed by atoms with van der Waals surface area (Å²) in [4.78, 5) is 27.2. The summed E-state index contributed by atoms with van der Waals surface area (Å²) in [6.45, 7) is 11.0. The third-order valence-corrected chi connectivity index (χ3v) is 4.52. The zero-order valence-electron chi connectivity index (χ0n) is 18.5. The second kappa shape index (κ2) is 8.01. The van der Waals surface area contributed by atoms with Gasteiger partial charge >= 0.3 is 12.2 Å². The van der Waals surface area contributed by atoms with Gasteiger partial charge in [0.05, 0.1) is 11.7 Å². The van der Waals surface area contributed by atoms with Crippen molar-refractivity contribution in [2.45, 2.75) is 65.2 Å². The van der Waals surface area contributed by atoms with Crippen LogP contribution in [0, 0.1) is 0 Å². The van der Waals surface area contributed by atoms with Crippen LogP contribution in [0.4, 0.5) is 21.0 Å². The summed E-state index contributed by atoms with van der Waals surface area (Å²) in [5, 5.41) is 2.84. The number of benzene rings is 2. The van der Waals surface area contributed by atoms with Crippen LogP contribution in [0.1, 0.15) is 58.7 Å². The van der Waals surface area contributed by atoms with Crippen molar-refractivity contribution < 1.29 is 19.1 Å². The molecule has 0 spiro atoms. The normalized spacial score (nSPS) is 16.1. The average Bonchev–Trinajstić information content (AvgIpc) is 2.98. The maximum Gasteiger partial charge on any atom is 0.415 e. The molecule has 1 unspecified atom stereocenters. The molecule has 1 N–H and O–H groups in total. The first-order valence-corrected chi connectivity index (χ1v) is 10.1. The van der Waals surface area contributed by atoms with Gasteiger partial charge in [0.1, 0.15) is 11.2 Å². The Hall–Kier alpha value is -3.02. The average molecular weight is 411 g/mol. The van der Waals surface area contributed by atoms with Crippen molar-refractivity contribution in [1.82, 2.24) is 0 Å². The highest BCUT2D eigenvalue weighted by molar-refractivity contribution is 5.93. The molecule has 0 fully saturated rings. The maximum atomic E-state index is 13.1. The first kappa shape index (κ1) is 21.7. The minimum atomic E-state index is -0.618. The molecule has 6 heteroatoms. The van der Waals surface area contributed by atoms with E-state index in [0.29, 0.717) is 12.1 Å². The third kappa shape index (κ3) is 5.12. The van der Waals surface area contributed by atoms with E-state index in [1.807, 2.05) is 90.1 Å². The molecule has 160 valence electrons. The fraction of sp³-hybridized carbons (Fsp3) is 0.417. The number of nitrogens with zero attached hydrogens (tertiary/aromatic N) is 1. The van der Waals surface area contributed by atoms with Gasteiger partial charge in [0.2, 0.25) is 0 Å². The fourth-order valence-corrected chi connectivity index (χ4v) is 3.49. The van der Waals surface area contributed by atoms with Crippen molar-refractivity contribution in [3.05, 3.63) is 59.7 Å². The number of rotatable bonds is 2. The lowest BCUT2D eigenvalue weighted by molar-refractivity contribution is 0.0568. The molecule has 2 aromatic carbocycles. The highest BCUT2D eigenvalue weighted by Crippen LogP contribution is 2.43. The van der Waals surface area contributed by atoms with Crippen LogP contribution in [-0.4, -0.2) is 23.4 Å². The molecule has 30 heavy (non-hydrogen) atoms. The van der Waals surface area contributed by atoms with E-state index in [1.165, 1.54) is 0 Å². The van der Waals surface area contributed by atoms with E-state index >= 15 is 0 Å². The standard InChI is InChI=1S/C24H30N2O4/c1-23(2,3)29-21(27)25-18-13-9-8-12-17(18)20-15-16-11-7-10-14-19(16)26(20)22(28)30-24(4,5)6/h7-14,20H,15H2,1-6H3,(H,25,27). The second-order valence-electron chi connectivity index (χ2n) is 9.41. The minimum absolute atomic E-state index is 0.302.